The van der Waals surface area contributed by atoms with Crippen molar-refractivity contribution in [2.24, 2.45) is 5.92 Å². The number of hydrogen-bond acceptors (Lipinski definition) is 24. The largest absolute Gasteiger partial charge is 0.472 e. The molecule has 0 radical (unpaired) electrons. The van der Waals surface area contributed by atoms with Gasteiger partial charge in [0.05, 0.1) is 13.2 Å². The number of carbonyl (C=O) groups excluding carboxylic acids is 4. The maximum atomic E-state index is 14.9. The van der Waals surface area contributed by atoms with E-state index in [9.17, 15) is 74.6 Å². The number of phosphoric ester groups is 1. The molecule has 25 nitrogen and oxygen atoms in total. The summed E-state index contributed by atoms with van der Waals surface area (Å²) in [5.74, 6) is -2.37. The number of aliphatic hydroxyl groups excluding tert-OH is 9. The zero-order chi connectivity index (χ0) is 85.5. The highest BCUT2D eigenvalue weighted by atomic mass is 31.2. The number of phosphoric acid groups is 1. The molecule has 0 aromatic heterocycles. The van der Waals surface area contributed by atoms with Gasteiger partial charge in [0.25, 0.3) is 0 Å². The average molecular weight is 1690 g/mol. The van der Waals surface area contributed by atoms with E-state index in [1.807, 2.05) is 0 Å². The van der Waals surface area contributed by atoms with E-state index in [-0.39, 0.29) is 25.7 Å². The highest BCUT2D eigenvalue weighted by Gasteiger charge is 2.60. The summed E-state index contributed by atoms with van der Waals surface area (Å²) in [7, 11) is -5.81. The van der Waals surface area contributed by atoms with E-state index < -0.39 is 162 Å². The van der Waals surface area contributed by atoms with Gasteiger partial charge in [-0.15, -0.1) is 0 Å². The first kappa shape index (κ1) is 108. The molecular weight excluding hydrogens is 1520 g/mol. The van der Waals surface area contributed by atoms with Crippen molar-refractivity contribution >= 4 is 31.7 Å². The van der Waals surface area contributed by atoms with Crippen LogP contribution in [0.1, 0.15) is 394 Å². The Morgan fingerprint density at radius 2 is 0.692 bits per heavy atom. The number of rotatable bonds is 75. The zero-order valence-corrected chi connectivity index (χ0v) is 74.1. The fraction of sp³-hybridized carbons (Fsp3) is 0.912. The molecule has 0 spiro atoms. The number of hydrogen-bond donors (Lipinski definition) is 10. The third-order valence-electron chi connectivity index (χ3n) is 23.1. The van der Waals surface area contributed by atoms with Crippen molar-refractivity contribution in [2.75, 3.05) is 26.4 Å². The summed E-state index contributed by atoms with van der Waals surface area (Å²) in [5.41, 5.74) is 0. The van der Waals surface area contributed by atoms with E-state index in [2.05, 4.69) is 58.9 Å². The Labute approximate surface area is 704 Å². The number of carbonyl (C=O) groups is 4. The zero-order valence-electron chi connectivity index (χ0n) is 73.2. The molecule has 2 heterocycles. The van der Waals surface area contributed by atoms with E-state index in [1.165, 1.54) is 173 Å². The first-order chi connectivity index (χ1) is 56.6. The minimum absolute atomic E-state index is 0.00656. The lowest BCUT2D eigenvalue weighted by atomic mass is 9.84. The van der Waals surface area contributed by atoms with Crippen LogP contribution in [0.4, 0.5) is 0 Å². The second-order valence-corrected chi connectivity index (χ2v) is 35.2. The van der Waals surface area contributed by atoms with E-state index in [4.69, 9.17) is 46.9 Å². The van der Waals surface area contributed by atoms with Gasteiger partial charge in [0.15, 0.2) is 24.8 Å². The highest BCUT2D eigenvalue weighted by Crippen LogP contribution is 2.49. The maximum absolute atomic E-state index is 14.9. The lowest BCUT2D eigenvalue weighted by molar-refractivity contribution is -0.360. The Hall–Kier alpha value is -3.05. The Morgan fingerprint density at radius 3 is 1.11 bits per heavy atom. The molecule has 2 aliphatic heterocycles. The molecule has 19 unspecified atom stereocenters. The summed E-state index contributed by atoms with van der Waals surface area (Å²) in [6.07, 6.45) is 27.6. The van der Waals surface area contributed by atoms with Gasteiger partial charge < -0.3 is 88.7 Å². The smallest absolute Gasteiger partial charge is 0.463 e. The normalized spacial score (nSPS) is 25.4. The van der Waals surface area contributed by atoms with Crippen LogP contribution in [0.25, 0.3) is 0 Å². The predicted octanol–water partition coefficient (Wildman–Crippen LogP) is 17.2. The second kappa shape index (κ2) is 69.3. The van der Waals surface area contributed by atoms with Crippen molar-refractivity contribution in [2.45, 2.75) is 498 Å². The van der Waals surface area contributed by atoms with Gasteiger partial charge in [-0.25, -0.2) is 4.57 Å². The third kappa shape index (κ3) is 49.9. The average Bonchev–Trinajstić information content (AvgIpc) is 0.754. The molecule has 117 heavy (non-hydrogen) atoms. The molecule has 1 aliphatic carbocycles. The molecule has 686 valence electrons. The van der Waals surface area contributed by atoms with Crippen molar-refractivity contribution in [3.05, 3.63) is 24.3 Å². The van der Waals surface area contributed by atoms with Crippen LogP contribution >= 0.6 is 7.82 Å². The number of ether oxygens (including phenoxy) is 8. The molecular formula is C91H167O25P. The molecule has 0 bridgehead atoms. The van der Waals surface area contributed by atoms with Gasteiger partial charge in [-0.1, -0.05) is 316 Å². The SMILES string of the molecule is CCCCCCCC/C=C\CCCCCC(=O)OCC(COP(=O)(O)OC1C(OC2OC(CO)C(O)C(O)C2O)C(O)C(O)C(OC(=O)CCCCCCCCC(C)CCCCCCCC)C1OC1OC(COC(=O)CCCCC/C=C\CCCCCCCC)C(O)C(O)C1O)OC(=O)CCCCCCCCCCCCCCCCCC. The maximum Gasteiger partial charge on any atom is 0.472 e. The number of unbranched alkanes of at least 4 members (excludes halogenated alkanes) is 43. The summed E-state index contributed by atoms with van der Waals surface area (Å²) >= 11 is 0. The number of esters is 4. The molecule has 3 fully saturated rings. The van der Waals surface area contributed by atoms with Gasteiger partial charge in [-0.3, -0.25) is 28.2 Å². The van der Waals surface area contributed by atoms with E-state index in [0.717, 1.165) is 122 Å². The number of allylic oxidation sites excluding steroid dienone is 4. The monoisotopic (exact) mass is 1690 g/mol. The minimum Gasteiger partial charge on any atom is -0.463 e. The molecule has 0 aromatic rings. The highest BCUT2D eigenvalue weighted by molar-refractivity contribution is 7.47. The van der Waals surface area contributed by atoms with Crippen LogP contribution < -0.4 is 0 Å². The van der Waals surface area contributed by atoms with Crippen LogP contribution in [0.5, 0.6) is 0 Å². The molecule has 0 amide bonds. The van der Waals surface area contributed by atoms with Crippen LogP contribution in [0.3, 0.4) is 0 Å². The van der Waals surface area contributed by atoms with E-state index >= 15 is 0 Å². The van der Waals surface area contributed by atoms with Crippen LogP contribution in [0.2, 0.25) is 0 Å². The summed E-state index contributed by atoms with van der Waals surface area (Å²) in [6, 6.07) is 0. The van der Waals surface area contributed by atoms with Gasteiger partial charge in [0.1, 0.15) is 92.6 Å². The summed E-state index contributed by atoms with van der Waals surface area (Å²) < 4.78 is 73.4. The Bertz CT molecular complexity index is 2550. The van der Waals surface area contributed by atoms with Gasteiger partial charge in [0.2, 0.25) is 0 Å². The van der Waals surface area contributed by atoms with Crippen molar-refractivity contribution in [3.63, 3.8) is 0 Å². The predicted molar refractivity (Wildman–Crippen MR) is 453 cm³/mol. The van der Waals surface area contributed by atoms with Gasteiger partial charge >= 0.3 is 31.7 Å². The summed E-state index contributed by atoms with van der Waals surface area (Å²) in [5, 5.41) is 102. The summed E-state index contributed by atoms with van der Waals surface area (Å²) in [6.45, 7) is 7.86. The quantitative estimate of drug-likeness (QED) is 0.00889. The van der Waals surface area contributed by atoms with E-state index in [1.54, 1.807) is 0 Å². The molecule has 10 N–H and O–H groups in total. The fourth-order valence-corrected chi connectivity index (χ4v) is 16.5. The first-order valence-electron chi connectivity index (χ1n) is 47.0. The number of aliphatic hydroxyl groups is 9. The van der Waals surface area contributed by atoms with E-state index in [0.29, 0.717) is 44.4 Å². The fourth-order valence-electron chi connectivity index (χ4n) is 15.5. The summed E-state index contributed by atoms with van der Waals surface area (Å²) in [4.78, 5) is 66.5. The Balaban J connectivity index is 1.94. The Morgan fingerprint density at radius 1 is 0.359 bits per heavy atom. The molecule has 2 saturated heterocycles. The van der Waals surface area contributed by atoms with Crippen LogP contribution in [-0.2, 0) is 70.7 Å². The molecule has 1 saturated carbocycles. The Kier molecular flexibility index (Phi) is 64.0. The van der Waals surface area contributed by atoms with Crippen LogP contribution in [0, 0.1) is 5.92 Å². The van der Waals surface area contributed by atoms with Crippen molar-refractivity contribution in [1.82, 2.24) is 0 Å². The molecule has 3 aliphatic rings. The van der Waals surface area contributed by atoms with Crippen molar-refractivity contribution in [1.29, 1.82) is 0 Å². The van der Waals surface area contributed by atoms with Crippen LogP contribution in [-0.4, -0.2) is 205 Å². The standard InChI is InChI=1S/C91H167O25P/c1-6-10-14-18-22-25-28-31-32-33-36-39-42-45-52-58-64-76(95)110-71(67-107-74(93)62-56-50-43-40-37-34-29-26-23-19-15-11-7-2)68-109-117(105,106)116-89-87(114-90-84(103)80(99)78(97)72(66-92)111-90)83(102)82(101)86(113-77(96)65-59-53-47-46-49-55-61-70(5)60-54-48-21-17-13-9-4)88(89)115-91-85(104)81(100)79(98)73(112-91)69-108-75(94)63-57-51-44-41-38-35-30-27-24-20-16-12-8-3/h34-35,37-38,70-73,78-92,97-104H,6-33,36,39-69H2,1-5H3,(H,105,106)/b37-34-,38-35-. The molecule has 0 aromatic carbocycles. The van der Waals surface area contributed by atoms with Crippen molar-refractivity contribution in [3.8, 4) is 0 Å². The third-order valence-corrected chi connectivity index (χ3v) is 24.1. The molecule has 19 atom stereocenters. The lowest BCUT2D eigenvalue weighted by Crippen LogP contribution is -2.70. The molecule has 26 heteroatoms. The topological polar surface area (TPSA) is 380 Å². The first-order valence-corrected chi connectivity index (χ1v) is 48.5. The van der Waals surface area contributed by atoms with Crippen LogP contribution in [0.15, 0.2) is 24.3 Å². The van der Waals surface area contributed by atoms with Gasteiger partial charge in [0, 0.05) is 25.7 Å². The van der Waals surface area contributed by atoms with Gasteiger partial charge in [-0.2, -0.15) is 0 Å². The van der Waals surface area contributed by atoms with Crippen molar-refractivity contribution < 1.29 is 122 Å². The van der Waals surface area contributed by atoms with Gasteiger partial charge in [-0.05, 0) is 83.0 Å². The lowest BCUT2D eigenvalue weighted by Gasteiger charge is -2.50. The minimum atomic E-state index is -5.81. The molecule has 3 rings (SSSR count). The second-order valence-electron chi connectivity index (χ2n) is 33.8.